The number of carbonyl (C=O) groups is 1. The highest BCUT2D eigenvalue weighted by molar-refractivity contribution is 8.00. The second-order valence-electron chi connectivity index (χ2n) is 7.42. The van der Waals surface area contributed by atoms with Gasteiger partial charge in [0.25, 0.3) is 0 Å². The molecule has 134 valence electrons. The molecule has 5 nitrogen and oxygen atoms in total. The summed E-state index contributed by atoms with van der Waals surface area (Å²) in [5, 5.41) is 9.99. The van der Waals surface area contributed by atoms with E-state index < -0.39 is 0 Å². The predicted octanol–water partition coefficient (Wildman–Crippen LogP) is 2.49. The zero-order valence-corrected chi connectivity index (χ0v) is 15.3. The maximum atomic E-state index is 12.8. The molecule has 0 amide bonds. The SMILES string of the molecule is O=C1Cc2ccccc2C2Sc3cnc(CN4CCCC(O)C4)nc3C12. The van der Waals surface area contributed by atoms with E-state index in [0.717, 1.165) is 41.4 Å². The Balaban J connectivity index is 1.44. The molecular formula is C20H21N3O2S. The molecule has 26 heavy (non-hydrogen) atoms. The molecule has 1 N–H and O–H groups in total. The van der Waals surface area contributed by atoms with Crippen molar-refractivity contribution in [2.45, 2.75) is 48.0 Å². The summed E-state index contributed by atoms with van der Waals surface area (Å²) in [4.78, 5) is 25.4. The molecule has 0 radical (unpaired) electrons. The Morgan fingerprint density at radius 1 is 1.31 bits per heavy atom. The maximum Gasteiger partial charge on any atom is 0.147 e. The predicted molar refractivity (Wildman–Crippen MR) is 99.0 cm³/mol. The number of thioether (sulfide) groups is 1. The molecule has 0 bridgehead atoms. The number of rotatable bonds is 2. The van der Waals surface area contributed by atoms with Gasteiger partial charge < -0.3 is 5.11 Å². The lowest BCUT2D eigenvalue weighted by molar-refractivity contribution is -0.120. The molecule has 6 heteroatoms. The van der Waals surface area contributed by atoms with Crippen LogP contribution in [0.15, 0.2) is 35.4 Å². The Kier molecular flexibility index (Phi) is 4.07. The van der Waals surface area contributed by atoms with Gasteiger partial charge in [-0.2, -0.15) is 0 Å². The fourth-order valence-electron chi connectivity index (χ4n) is 4.37. The van der Waals surface area contributed by atoms with E-state index in [1.165, 1.54) is 5.56 Å². The first-order valence-electron chi connectivity index (χ1n) is 9.22. The van der Waals surface area contributed by atoms with Crippen LogP contribution < -0.4 is 0 Å². The van der Waals surface area contributed by atoms with Gasteiger partial charge in [-0.3, -0.25) is 9.69 Å². The number of Topliss-reactive ketones (excluding diaryl/α,β-unsaturated/α-hetero) is 1. The molecule has 2 aromatic rings. The molecule has 1 aromatic carbocycles. The Morgan fingerprint density at radius 2 is 2.19 bits per heavy atom. The lowest BCUT2D eigenvalue weighted by Crippen LogP contribution is -2.38. The van der Waals surface area contributed by atoms with Crippen molar-refractivity contribution in [2.24, 2.45) is 0 Å². The van der Waals surface area contributed by atoms with Crippen molar-refractivity contribution in [2.75, 3.05) is 13.1 Å². The van der Waals surface area contributed by atoms with Gasteiger partial charge >= 0.3 is 0 Å². The van der Waals surface area contributed by atoms with Crippen LogP contribution in [0.4, 0.5) is 0 Å². The number of ketones is 1. The fraction of sp³-hybridized carbons (Fsp3) is 0.450. The molecule has 3 atom stereocenters. The van der Waals surface area contributed by atoms with Gasteiger partial charge in [-0.25, -0.2) is 9.97 Å². The Labute approximate surface area is 156 Å². The summed E-state index contributed by atoms with van der Waals surface area (Å²) in [6.45, 7) is 2.27. The molecule has 3 heterocycles. The second kappa shape index (κ2) is 6.44. The third kappa shape index (κ3) is 2.76. The molecule has 2 aliphatic heterocycles. The summed E-state index contributed by atoms with van der Waals surface area (Å²) >= 11 is 1.72. The number of nitrogens with zero attached hydrogens (tertiary/aromatic N) is 3. The Bertz CT molecular complexity index is 872. The summed E-state index contributed by atoms with van der Waals surface area (Å²) in [7, 11) is 0. The highest BCUT2D eigenvalue weighted by atomic mass is 32.2. The molecule has 1 fully saturated rings. The molecule has 0 saturated carbocycles. The van der Waals surface area contributed by atoms with Crippen molar-refractivity contribution in [3.05, 3.63) is 53.1 Å². The summed E-state index contributed by atoms with van der Waals surface area (Å²) in [5.41, 5.74) is 3.32. The lowest BCUT2D eigenvalue weighted by Gasteiger charge is -2.29. The van der Waals surface area contributed by atoms with Crippen LogP contribution >= 0.6 is 11.8 Å². The maximum absolute atomic E-state index is 12.8. The third-order valence-corrected chi connectivity index (χ3v) is 6.95. The highest BCUT2D eigenvalue weighted by Crippen LogP contribution is 2.56. The molecule has 1 aromatic heterocycles. The minimum Gasteiger partial charge on any atom is -0.392 e. The van der Waals surface area contributed by atoms with E-state index in [1.54, 1.807) is 11.8 Å². The second-order valence-corrected chi connectivity index (χ2v) is 8.61. The standard InChI is InChI=1S/C20H21N3O2S/c24-13-5-3-7-23(10-13)11-17-21-9-16-19(22-17)18-15(25)8-12-4-1-2-6-14(12)20(18)26-16/h1-2,4,6,9,13,18,20,24H,3,5,7-8,10-11H2. The smallest absolute Gasteiger partial charge is 0.147 e. The number of aliphatic hydroxyl groups excluding tert-OH is 1. The lowest BCUT2D eigenvalue weighted by atomic mass is 9.81. The van der Waals surface area contributed by atoms with Crippen molar-refractivity contribution in [3.63, 3.8) is 0 Å². The van der Waals surface area contributed by atoms with Gasteiger partial charge in [-0.1, -0.05) is 24.3 Å². The summed E-state index contributed by atoms with van der Waals surface area (Å²) in [5.74, 6) is 0.863. The van der Waals surface area contributed by atoms with Gasteiger partial charge in [0.2, 0.25) is 0 Å². The zero-order chi connectivity index (χ0) is 17.7. The molecule has 3 aliphatic rings. The molecule has 1 saturated heterocycles. The van der Waals surface area contributed by atoms with Crippen molar-refractivity contribution in [1.29, 1.82) is 0 Å². The highest BCUT2D eigenvalue weighted by Gasteiger charge is 2.44. The molecule has 5 rings (SSSR count). The van der Waals surface area contributed by atoms with Gasteiger partial charge in [0.05, 0.1) is 29.5 Å². The number of hydrogen-bond donors (Lipinski definition) is 1. The van der Waals surface area contributed by atoms with Gasteiger partial charge in [0.15, 0.2) is 0 Å². The number of aliphatic hydroxyl groups is 1. The number of aromatic nitrogens is 2. The van der Waals surface area contributed by atoms with Crippen molar-refractivity contribution >= 4 is 17.5 Å². The minimum atomic E-state index is -0.255. The van der Waals surface area contributed by atoms with Crippen LogP contribution in [0.1, 0.15) is 46.7 Å². The van der Waals surface area contributed by atoms with Gasteiger partial charge in [-0.15, -0.1) is 11.8 Å². The first kappa shape index (κ1) is 16.4. The van der Waals surface area contributed by atoms with Crippen LogP contribution in [-0.4, -0.2) is 45.0 Å². The van der Waals surface area contributed by atoms with E-state index in [2.05, 4.69) is 22.0 Å². The first-order valence-corrected chi connectivity index (χ1v) is 10.1. The van der Waals surface area contributed by atoms with Crippen LogP contribution in [0, 0.1) is 0 Å². The summed E-state index contributed by atoms with van der Waals surface area (Å²) in [6, 6.07) is 8.26. The number of benzene rings is 1. The normalized spacial score (nSPS) is 27.7. The Morgan fingerprint density at radius 3 is 3.08 bits per heavy atom. The van der Waals surface area contributed by atoms with Gasteiger partial charge in [0.1, 0.15) is 11.6 Å². The molecular weight excluding hydrogens is 346 g/mol. The molecule has 3 unspecified atom stereocenters. The van der Waals surface area contributed by atoms with Gasteiger partial charge in [-0.05, 0) is 30.5 Å². The number of β-amino-alcohol motifs (C(OH)–C–C–N with tert-alkyl or cyclic N) is 1. The average molecular weight is 367 g/mol. The zero-order valence-electron chi connectivity index (χ0n) is 14.5. The van der Waals surface area contributed by atoms with Crippen molar-refractivity contribution in [3.8, 4) is 0 Å². The number of carbonyl (C=O) groups excluding carboxylic acids is 1. The van der Waals surface area contributed by atoms with Crippen LogP contribution in [0.3, 0.4) is 0 Å². The monoisotopic (exact) mass is 367 g/mol. The largest absolute Gasteiger partial charge is 0.392 e. The first-order chi connectivity index (χ1) is 12.7. The quantitative estimate of drug-likeness (QED) is 0.880. The van der Waals surface area contributed by atoms with Crippen molar-refractivity contribution < 1.29 is 9.90 Å². The Hall–Kier alpha value is -1.76. The van der Waals surface area contributed by atoms with E-state index in [1.807, 2.05) is 18.3 Å². The van der Waals surface area contributed by atoms with Gasteiger partial charge in [0, 0.05) is 24.1 Å². The van der Waals surface area contributed by atoms with Crippen LogP contribution in [0.2, 0.25) is 0 Å². The van der Waals surface area contributed by atoms with Crippen LogP contribution in [-0.2, 0) is 17.8 Å². The summed E-state index contributed by atoms with van der Waals surface area (Å²) < 4.78 is 0. The molecule has 1 aliphatic carbocycles. The minimum absolute atomic E-state index is 0.129. The van der Waals surface area contributed by atoms with E-state index in [0.29, 0.717) is 19.5 Å². The van der Waals surface area contributed by atoms with E-state index >= 15 is 0 Å². The molecule has 0 spiro atoms. The number of hydrogen-bond acceptors (Lipinski definition) is 6. The number of likely N-dealkylation sites (tertiary alicyclic amines) is 1. The third-order valence-electron chi connectivity index (χ3n) is 5.60. The van der Waals surface area contributed by atoms with Crippen molar-refractivity contribution in [1.82, 2.24) is 14.9 Å². The fourth-order valence-corrected chi connectivity index (χ4v) is 5.82. The van der Waals surface area contributed by atoms with Crippen LogP contribution in [0.5, 0.6) is 0 Å². The topological polar surface area (TPSA) is 66.3 Å². The average Bonchev–Trinajstić information content (AvgIpc) is 3.01. The number of fused-ring (bicyclic) bond motifs is 5. The number of piperidine rings is 1. The van der Waals surface area contributed by atoms with Crippen LogP contribution in [0.25, 0.3) is 0 Å². The van der Waals surface area contributed by atoms with E-state index in [4.69, 9.17) is 4.98 Å². The van der Waals surface area contributed by atoms with E-state index in [9.17, 15) is 9.90 Å². The summed E-state index contributed by atoms with van der Waals surface area (Å²) in [6.07, 6.45) is 4.00. The van der Waals surface area contributed by atoms with E-state index in [-0.39, 0.29) is 23.1 Å².